The van der Waals surface area contributed by atoms with Crippen LogP contribution < -0.4 is 20.3 Å². The van der Waals surface area contributed by atoms with Gasteiger partial charge in [0.2, 0.25) is 10.9 Å². The Balaban J connectivity index is 1.95. The number of fused-ring (bicyclic) bond motifs is 3. The fourth-order valence-electron chi connectivity index (χ4n) is 3.49. The molecule has 0 fully saturated rings. The van der Waals surface area contributed by atoms with Crippen LogP contribution in [0.1, 0.15) is 18.7 Å². The number of nitrogens with one attached hydrogen (secondary N) is 2. The molecule has 3 N–H and O–H groups in total. The molecule has 0 bridgehead atoms. The van der Waals surface area contributed by atoms with Crippen molar-refractivity contribution in [1.82, 2.24) is 10.1 Å². The summed E-state index contributed by atoms with van der Waals surface area (Å²) in [5.41, 5.74) is 1.18. The SMILES string of the molecule is C=CCSc1n[n+]2c(c(=O)[nH]1)-c1ccccc1N[C@@H]2c1cc(OCC)c(O)c([N+](=O)[O-])c1. The van der Waals surface area contributed by atoms with Crippen LogP contribution in [0.25, 0.3) is 11.3 Å². The molecule has 0 unspecified atom stereocenters. The standard InChI is InChI=1S/C21H19N5O5S/c1-3-9-32-21-23-20(28)17-13-7-5-6-8-14(13)22-19(25(17)24-21)12-10-15(26(29)30)18(27)16(11-12)31-4-2/h3,5-8,10-11,19H,1,4,9H2,2H3,(H2,23,24,27,28)/p+1/t19-/m0/s1. The second-order valence-electron chi connectivity index (χ2n) is 6.82. The van der Waals surface area contributed by atoms with Crippen molar-refractivity contribution in [3.63, 3.8) is 0 Å². The van der Waals surface area contributed by atoms with Gasteiger partial charge < -0.3 is 15.2 Å². The molecule has 2 aromatic carbocycles. The summed E-state index contributed by atoms with van der Waals surface area (Å²) in [6, 6.07) is 9.99. The van der Waals surface area contributed by atoms with E-state index in [9.17, 15) is 20.0 Å². The Labute approximate surface area is 186 Å². The van der Waals surface area contributed by atoms with Crippen LogP contribution in [0.5, 0.6) is 11.5 Å². The van der Waals surface area contributed by atoms with Gasteiger partial charge in [-0.3, -0.25) is 19.9 Å². The van der Waals surface area contributed by atoms with Gasteiger partial charge in [-0.05, 0) is 29.8 Å². The number of rotatable bonds is 7. The van der Waals surface area contributed by atoms with Gasteiger partial charge in [0.15, 0.2) is 5.75 Å². The lowest BCUT2D eigenvalue weighted by atomic mass is 10.0. The number of phenolic OH excluding ortho intramolecular Hbond substituents is 1. The Hall–Kier alpha value is -3.86. The van der Waals surface area contributed by atoms with Gasteiger partial charge >= 0.3 is 16.9 Å². The van der Waals surface area contributed by atoms with Gasteiger partial charge in [0, 0.05) is 16.9 Å². The average molecular weight is 454 g/mol. The van der Waals surface area contributed by atoms with Crippen molar-refractivity contribution in [2.24, 2.45) is 0 Å². The third-order valence-electron chi connectivity index (χ3n) is 4.81. The molecule has 2 heterocycles. The van der Waals surface area contributed by atoms with Crippen molar-refractivity contribution in [3.05, 3.63) is 75.1 Å². The number of thioether (sulfide) groups is 1. The van der Waals surface area contributed by atoms with E-state index in [4.69, 9.17) is 4.74 Å². The molecule has 164 valence electrons. The van der Waals surface area contributed by atoms with Gasteiger partial charge in [0.05, 0.1) is 28.3 Å². The molecule has 3 aromatic rings. The van der Waals surface area contributed by atoms with Crippen LogP contribution in [0.3, 0.4) is 0 Å². The molecular weight excluding hydrogens is 434 g/mol. The summed E-state index contributed by atoms with van der Waals surface area (Å²) in [7, 11) is 0. The number of nitro benzene ring substituents is 1. The van der Waals surface area contributed by atoms with E-state index >= 15 is 0 Å². The molecular formula is C21H20N5O5S+. The van der Waals surface area contributed by atoms with Gasteiger partial charge in [0.1, 0.15) is 0 Å². The first kappa shape index (κ1) is 21.4. The predicted molar refractivity (Wildman–Crippen MR) is 119 cm³/mol. The molecule has 1 aliphatic rings. The number of H-pyrrole nitrogens is 1. The lowest BCUT2D eigenvalue weighted by molar-refractivity contribution is -0.759. The van der Waals surface area contributed by atoms with E-state index in [1.165, 1.54) is 28.6 Å². The van der Waals surface area contributed by atoms with Crippen LogP contribution in [0.4, 0.5) is 11.4 Å². The second kappa shape index (κ2) is 8.71. The molecule has 0 amide bonds. The Morgan fingerprint density at radius 3 is 2.91 bits per heavy atom. The zero-order valence-corrected chi connectivity index (χ0v) is 17.9. The molecule has 4 rings (SSSR count). The monoisotopic (exact) mass is 454 g/mol. The van der Waals surface area contributed by atoms with E-state index in [-0.39, 0.29) is 17.9 Å². The molecule has 11 heteroatoms. The number of para-hydroxylation sites is 1. The van der Waals surface area contributed by atoms with E-state index < -0.39 is 22.5 Å². The largest absolute Gasteiger partial charge is 0.500 e. The van der Waals surface area contributed by atoms with Crippen molar-refractivity contribution in [2.45, 2.75) is 18.2 Å². The van der Waals surface area contributed by atoms with Crippen LogP contribution in [0.15, 0.2) is 59.0 Å². The Kier molecular flexibility index (Phi) is 5.82. The van der Waals surface area contributed by atoms with Gasteiger partial charge in [-0.25, -0.2) is 0 Å². The molecule has 0 spiro atoms. The Morgan fingerprint density at radius 2 is 2.19 bits per heavy atom. The van der Waals surface area contributed by atoms with Crippen LogP contribution >= 0.6 is 11.8 Å². The molecule has 10 nitrogen and oxygen atoms in total. The normalized spacial score (nSPS) is 14.1. The van der Waals surface area contributed by atoms with E-state index in [2.05, 4.69) is 22.0 Å². The minimum atomic E-state index is -0.760. The van der Waals surface area contributed by atoms with Gasteiger partial charge in [-0.15, -0.1) is 6.58 Å². The van der Waals surface area contributed by atoms with Crippen molar-refractivity contribution in [3.8, 4) is 22.8 Å². The van der Waals surface area contributed by atoms with Crippen LogP contribution in [-0.4, -0.2) is 32.5 Å². The van der Waals surface area contributed by atoms with Crippen molar-refractivity contribution in [1.29, 1.82) is 0 Å². The highest BCUT2D eigenvalue weighted by molar-refractivity contribution is 7.99. The molecule has 0 saturated heterocycles. The Morgan fingerprint density at radius 1 is 1.41 bits per heavy atom. The van der Waals surface area contributed by atoms with E-state index in [1.807, 2.05) is 18.2 Å². The topological polar surface area (TPSA) is 134 Å². The third-order valence-corrected chi connectivity index (χ3v) is 5.67. The minimum absolute atomic E-state index is 0.0226. The summed E-state index contributed by atoms with van der Waals surface area (Å²) in [5.74, 6) is -0.0374. The third kappa shape index (κ3) is 3.78. The quantitative estimate of drug-likeness (QED) is 0.163. The smallest absolute Gasteiger partial charge is 0.325 e. The maximum Gasteiger partial charge on any atom is 0.325 e. The fraction of sp³-hybridized carbons (Fsp3) is 0.190. The van der Waals surface area contributed by atoms with Crippen LogP contribution in [0.2, 0.25) is 0 Å². The molecule has 0 aliphatic carbocycles. The van der Waals surface area contributed by atoms with E-state index in [0.29, 0.717) is 33.4 Å². The number of nitrogens with zero attached hydrogens (tertiary/aromatic N) is 3. The summed E-state index contributed by atoms with van der Waals surface area (Å²) in [6.07, 6.45) is 0.932. The molecule has 0 saturated carbocycles. The second-order valence-corrected chi connectivity index (χ2v) is 7.83. The number of hydrogen-bond acceptors (Lipinski definition) is 8. The molecule has 32 heavy (non-hydrogen) atoms. The number of aromatic hydroxyl groups is 1. The number of nitro groups is 1. The summed E-state index contributed by atoms with van der Waals surface area (Å²) >= 11 is 1.30. The molecule has 1 aliphatic heterocycles. The number of ether oxygens (including phenoxy) is 1. The average Bonchev–Trinajstić information content (AvgIpc) is 2.78. The first-order valence-corrected chi connectivity index (χ1v) is 10.7. The maximum absolute atomic E-state index is 13.0. The van der Waals surface area contributed by atoms with Crippen LogP contribution in [-0.2, 0) is 0 Å². The number of anilines is 1. The van der Waals surface area contributed by atoms with E-state index in [1.54, 1.807) is 19.1 Å². The Bertz CT molecular complexity index is 1280. The number of hydrogen-bond donors (Lipinski definition) is 3. The lowest BCUT2D eigenvalue weighted by Gasteiger charge is -2.22. The number of aromatic nitrogens is 3. The van der Waals surface area contributed by atoms with Crippen LogP contribution in [0, 0.1) is 10.1 Å². The summed E-state index contributed by atoms with van der Waals surface area (Å²) in [6.45, 7) is 5.60. The highest BCUT2D eigenvalue weighted by Gasteiger charge is 2.39. The highest BCUT2D eigenvalue weighted by atomic mass is 32.2. The van der Waals surface area contributed by atoms with Crippen molar-refractivity contribution in [2.75, 3.05) is 17.7 Å². The van der Waals surface area contributed by atoms with Gasteiger partial charge in [0.25, 0.3) is 6.17 Å². The molecule has 1 aromatic heterocycles. The van der Waals surface area contributed by atoms with Crippen molar-refractivity contribution >= 4 is 23.1 Å². The zero-order chi connectivity index (χ0) is 22.8. The first-order valence-electron chi connectivity index (χ1n) is 9.74. The summed E-state index contributed by atoms with van der Waals surface area (Å²) in [4.78, 5) is 26.7. The van der Waals surface area contributed by atoms with Crippen molar-refractivity contribution < 1.29 is 19.4 Å². The number of aromatic amines is 1. The van der Waals surface area contributed by atoms with Gasteiger partial charge in [-0.2, -0.15) is 0 Å². The summed E-state index contributed by atoms with van der Waals surface area (Å²) < 4.78 is 6.92. The van der Waals surface area contributed by atoms with E-state index in [0.717, 1.165) is 0 Å². The maximum atomic E-state index is 13.0. The molecule has 0 radical (unpaired) electrons. The lowest BCUT2D eigenvalue weighted by Crippen LogP contribution is -2.55. The van der Waals surface area contributed by atoms with Gasteiger partial charge in [-0.1, -0.05) is 30.0 Å². The summed E-state index contributed by atoms with van der Waals surface area (Å²) in [5, 5.41) is 30.1. The minimum Gasteiger partial charge on any atom is -0.500 e. The predicted octanol–water partition coefficient (Wildman–Crippen LogP) is 2.99. The number of benzene rings is 2. The first-order chi connectivity index (χ1) is 15.4. The zero-order valence-electron chi connectivity index (χ0n) is 17.1. The fourth-order valence-corrected chi connectivity index (χ4v) is 4.08. The number of phenols is 1. The molecule has 1 atom stereocenters. The highest BCUT2D eigenvalue weighted by Crippen LogP contribution is 2.40.